The minimum absolute atomic E-state index is 0.277. The van der Waals surface area contributed by atoms with Crippen LogP contribution in [-0.4, -0.2) is 39.0 Å². The number of aromatic nitrogens is 3. The second kappa shape index (κ2) is 6.83. The Morgan fingerprint density at radius 2 is 1.96 bits per heavy atom. The van der Waals surface area contributed by atoms with Gasteiger partial charge in [0.2, 0.25) is 0 Å². The highest BCUT2D eigenvalue weighted by atomic mass is 19.4. The van der Waals surface area contributed by atoms with E-state index >= 15 is 0 Å². The minimum atomic E-state index is -4.39. The number of nitrogens with one attached hydrogen (secondary N) is 1. The molecule has 0 spiro atoms. The van der Waals surface area contributed by atoms with E-state index in [1.807, 2.05) is 6.07 Å². The number of hydrogen-bond donors (Lipinski definition) is 1. The summed E-state index contributed by atoms with van der Waals surface area (Å²) in [7, 11) is 0. The Bertz CT molecular complexity index is 758. The first-order valence-corrected chi connectivity index (χ1v) is 8.81. The van der Waals surface area contributed by atoms with Crippen molar-refractivity contribution in [3.05, 3.63) is 47.7 Å². The van der Waals surface area contributed by atoms with E-state index in [2.05, 4.69) is 25.2 Å². The van der Waals surface area contributed by atoms with Crippen molar-refractivity contribution in [2.24, 2.45) is 0 Å². The zero-order valence-electron chi connectivity index (χ0n) is 14.2. The van der Waals surface area contributed by atoms with Gasteiger partial charge in [0.15, 0.2) is 0 Å². The molecule has 2 fully saturated rings. The van der Waals surface area contributed by atoms with Crippen molar-refractivity contribution in [3.63, 3.8) is 0 Å². The number of halogens is 3. The molecule has 1 atom stereocenters. The van der Waals surface area contributed by atoms with Crippen molar-refractivity contribution >= 4 is 5.82 Å². The molecular weight excluding hydrogens is 343 g/mol. The van der Waals surface area contributed by atoms with E-state index in [9.17, 15) is 13.2 Å². The van der Waals surface area contributed by atoms with Gasteiger partial charge in [-0.25, -0.2) is 9.97 Å². The molecule has 2 aromatic rings. The summed E-state index contributed by atoms with van der Waals surface area (Å²) in [6.07, 6.45) is 2.03. The van der Waals surface area contributed by atoms with E-state index in [-0.39, 0.29) is 6.04 Å². The first kappa shape index (κ1) is 17.2. The van der Waals surface area contributed by atoms with Crippen LogP contribution in [0.2, 0.25) is 0 Å². The fourth-order valence-electron chi connectivity index (χ4n) is 3.24. The van der Waals surface area contributed by atoms with Crippen molar-refractivity contribution in [3.8, 4) is 0 Å². The predicted molar refractivity (Wildman–Crippen MR) is 90.6 cm³/mol. The molecule has 1 unspecified atom stereocenters. The fraction of sp³-hybridized carbons (Fsp3) is 0.500. The van der Waals surface area contributed by atoms with Crippen LogP contribution >= 0.6 is 0 Å². The van der Waals surface area contributed by atoms with Crippen LogP contribution in [0.5, 0.6) is 0 Å². The normalized spacial score (nSPS) is 21.1. The molecule has 138 valence electrons. The average molecular weight is 363 g/mol. The van der Waals surface area contributed by atoms with Gasteiger partial charge < -0.3 is 5.32 Å². The number of alkyl halides is 3. The van der Waals surface area contributed by atoms with Crippen molar-refractivity contribution < 1.29 is 13.2 Å². The standard InChI is InChI=1S/C18H20F3N5/c19-18(20,21)15-4-1-12(9-23-15)10-26-8-6-14(11-26)24-16-5-7-22-17(25-16)13-2-3-13/h1,4-5,7,9,13-14H,2-3,6,8,10-11H2,(H,22,24,25). The van der Waals surface area contributed by atoms with Crippen LogP contribution in [0, 0.1) is 0 Å². The molecule has 1 saturated carbocycles. The molecule has 26 heavy (non-hydrogen) atoms. The third-order valence-electron chi connectivity index (χ3n) is 4.76. The SMILES string of the molecule is FC(F)(F)c1ccc(CN2CCC(Nc3ccnc(C4CC4)n3)C2)cn1. The molecule has 4 rings (SSSR count). The number of nitrogens with zero attached hydrogens (tertiary/aromatic N) is 4. The van der Waals surface area contributed by atoms with Crippen molar-refractivity contribution in [2.75, 3.05) is 18.4 Å². The van der Waals surface area contributed by atoms with Crippen molar-refractivity contribution in [1.29, 1.82) is 0 Å². The lowest BCUT2D eigenvalue weighted by Crippen LogP contribution is -2.26. The second-order valence-corrected chi connectivity index (χ2v) is 6.99. The van der Waals surface area contributed by atoms with Gasteiger partial charge in [-0.15, -0.1) is 0 Å². The summed E-state index contributed by atoms with van der Waals surface area (Å²) >= 11 is 0. The van der Waals surface area contributed by atoms with Crippen LogP contribution in [0.4, 0.5) is 19.0 Å². The number of pyridine rings is 1. The van der Waals surface area contributed by atoms with Gasteiger partial charge in [-0.05, 0) is 37.0 Å². The highest BCUT2D eigenvalue weighted by Gasteiger charge is 2.32. The summed E-state index contributed by atoms with van der Waals surface area (Å²) in [5.74, 6) is 2.29. The molecule has 5 nitrogen and oxygen atoms in total. The third kappa shape index (κ3) is 4.12. The predicted octanol–water partition coefficient (Wildman–Crippen LogP) is 3.45. The van der Waals surface area contributed by atoms with E-state index in [0.29, 0.717) is 12.5 Å². The van der Waals surface area contributed by atoms with Gasteiger partial charge in [-0.1, -0.05) is 6.07 Å². The summed E-state index contributed by atoms with van der Waals surface area (Å²) in [6.45, 7) is 2.31. The number of likely N-dealkylation sites (tertiary alicyclic amines) is 1. The lowest BCUT2D eigenvalue weighted by molar-refractivity contribution is -0.141. The van der Waals surface area contributed by atoms with Gasteiger partial charge in [-0.2, -0.15) is 13.2 Å². The number of hydrogen-bond acceptors (Lipinski definition) is 5. The molecule has 2 aliphatic rings. The molecular formula is C18H20F3N5. The van der Waals surface area contributed by atoms with E-state index in [0.717, 1.165) is 42.8 Å². The zero-order valence-corrected chi connectivity index (χ0v) is 14.2. The second-order valence-electron chi connectivity index (χ2n) is 6.99. The van der Waals surface area contributed by atoms with Crippen LogP contribution in [0.1, 0.15) is 42.3 Å². The van der Waals surface area contributed by atoms with Crippen LogP contribution < -0.4 is 5.32 Å². The molecule has 1 aliphatic carbocycles. The lowest BCUT2D eigenvalue weighted by atomic mass is 10.2. The van der Waals surface area contributed by atoms with Crippen LogP contribution in [0.3, 0.4) is 0 Å². The lowest BCUT2D eigenvalue weighted by Gasteiger charge is -2.17. The third-order valence-corrected chi connectivity index (χ3v) is 4.76. The average Bonchev–Trinajstić information content (AvgIpc) is 3.37. The molecule has 0 bridgehead atoms. The summed E-state index contributed by atoms with van der Waals surface area (Å²) in [5.41, 5.74) is -0.0610. The smallest absolute Gasteiger partial charge is 0.366 e. The van der Waals surface area contributed by atoms with E-state index in [1.165, 1.54) is 25.1 Å². The van der Waals surface area contributed by atoms with E-state index in [1.54, 1.807) is 6.20 Å². The van der Waals surface area contributed by atoms with Gasteiger partial charge in [0, 0.05) is 44.0 Å². The van der Waals surface area contributed by atoms with Crippen LogP contribution in [0.25, 0.3) is 0 Å². The molecule has 1 N–H and O–H groups in total. The Morgan fingerprint density at radius 3 is 2.65 bits per heavy atom. The molecule has 0 aromatic carbocycles. The highest BCUT2D eigenvalue weighted by molar-refractivity contribution is 5.35. The van der Waals surface area contributed by atoms with Gasteiger partial charge in [0.25, 0.3) is 0 Å². The maximum atomic E-state index is 12.6. The van der Waals surface area contributed by atoms with Crippen LogP contribution in [0.15, 0.2) is 30.6 Å². The molecule has 1 aliphatic heterocycles. The Morgan fingerprint density at radius 1 is 1.12 bits per heavy atom. The Balaban J connectivity index is 1.31. The topological polar surface area (TPSA) is 53.9 Å². The Labute approximate surface area is 149 Å². The van der Waals surface area contributed by atoms with E-state index < -0.39 is 11.9 Å². The van der Waals surface area contributed by atoms with Crippen molar-refractivity contribution in [1.82, 2.24) is 19.9 Å². The Hall–Kier alpha value is -2.22. The van der Waals surface area contributed by atoms with Crippen molar-refractivity contribution in [2.45, 2.75) is 43.9 Å². The molecule has 8 heteroatoms. The largest absolute Gasteiger partial charge is 0.433 e. The summed E-state index contributed by atoms with van der Waals surface area (Å²) in [6, 6.07) is 4.71. The Kier molecular flexibility index (Phi) is 4.52. The van der Waals surface area contributed by atoms with Gasteiger partial charge in [0.1, 0.15) is 17.3 Å². The molecule has 3 heterocycles. The minimum Gasteiger partial charge on any atom is -0.366 e. The quantitative estimate of drug-likeness (QED) is 0.882. The molecule has 0 radical (unpaired) electrons. The molecule has 1 saturated heterocycles. The highest BCUT2D eigenvalue weighted by Crippen LogP contribution is 2.38. The van der Waals surface area contributed by atoms with Gasteiger partial charge >= 0.3 is 6.18 Å². The first-order valence-electron chi connectivity index (χ1n) is 8.81. The number of anilines is 1. The van der Waals surface area contributed by atoms with Crippen LogP contribution in [-0.2, 0) is 12.7 Å². The zero-order chi connectivity index (χ0) is 18.1. The fourth-order valence-corrected chi connectivity index (χ4v) is 3.24. The van der Waals surface area contributed by atoms with E-state index in [4.69, 9.17) is 0 Å². The monoisotopic (exact) mass is 363 g/mol. The van der Waals surface area contributed by atoms with Gasteiger partial charge in [-0.3, -0.25) is 9.88 Å². The maximum absolute atomic E-state index is 12.6. The summed E-state index contributed by atoms with van der Waals surface area (Å²) < 4.78 is 37.7. The van der Waals surface area contributed by atoms with Gasteiger partial charge in [0.05, 0.1) is 0 Å². The first-order chi connectivity index (χ1) is 12.5. The summed E-state index contributed by atoms with van der Waals surface area (Å²) in [5, 5.41) is 3.45. The maximum Gasteiger partial charge on any atom is 0.433 e. The molecule has 0 amide bonds. The molecule has 2 aromatic heterocycles. The summed E-state index contributed by atoms with van der Waals surface area (Å²) in [4.78, 5) is 14.6. The number of rotatable bonds is 5.